The van der Waals surface area contributed by atoms with Gasteiger partial charge in [0.05, 0.1) is 22.3 Å². The molecule has 0 aliphatic heterocycles. The Morgan fingerprint density at radius 1 is 1.15 bits per heavy atom. The summed E-state index contributed by atoms with van der Waals surface area (Å²) in [6, 6.07) is 7.17. The fraction of sp³-hybridized carbons (Fsp3) is 0.133. The molecule has 5 heteroatoms. The Kier molecular flexibility index (Phi) is 2.57. The fourth-order valence-electron chi connectivity index (χ4n) is 2.65. The lowest BCUT2D eigenvalue weighted by atomic mass is 9.99. The van der Waals surface area contributed by atoms with Crippen molar-refractivity contribution in [2.75, 3.05) is 0 Å². The quantitative estimate of drug-likeness (QED) is 0.664. The minimum Gasteiger partial charge on any atom is -0.478 e. The number of aromatic nitrogens is 2. The number of carboxylic acids is 1. The van der Waals surface area contributed by atoms with Gasteiger partial charge in [0, 0.05) is 16.3 Å². The Morgan fingerprint density at radius 3 is 2.55 bits per heavy atom. The minimum atomic E-state index is -1.07. The molecule has 3 aromatic rings. The van der Waals surface area contributed by atoms with Crippen LogP contribution in [0.3, 0.4) is 0 Å². The SMILES string of the molecule is Cc1nc(C)c2c(=O)[nH]c3ccccc3c2c1C(=O)O. The number of para-hydroxylation sites is 1. The van der Waals surface area contributed by atoms with Crippen molar-refractivity contribution in [1.82, 2.24) is 9.97 Å². The highest BCUT2D eigenvalue weighted by molar-refractivity contribution is 6.15. The van der Waals surface area contributed by atoms with E-state index in [-0.39, 0.29) is 11.1 Å². The van der Waals surface area contributed by atoms with Gasteiger partial charge in [-0.1, -0.05) is 18.2 Å². The summed E-state index contributed by atoms with van der Waals surface area (Å²) in [5, 5.41) is 11.0. The van der Waals surface area contributed by atoms with Gasteiger partial charge in [0.2, 0.25) is 0 Å². The number of hydrogen-bond donors (Lipinski definition) is 2. The first-order valence-corrected chi connectivity index (χ1v) is 6.16. The number of carboxylic acid groups (broad SMARTS) is 1. The summed E-state index contributed by atoms with van der Waals surface area (Å²) < 4.78 is 0. The molecule has 2 heterocycles. The summed E-state index contributed by atoms with van der Waals surface area (Å²) in [6.45, 7) is 3.36. The van der Waals surface area contributed by atoms with E-state index in [4.69, 9.17) is 0 Å². The molecule has 0 spiro atoms. The second-order valence-corrected chi connectivity index (χ2v) is 4.71. The van der Waals surface area contributed by atoms with E-state index in [2.05, 4.69) is 9.97 Å². The van der Waals surface area contributed by atoms with Gasteiger partial charge >= 0.3 is 5.97 Å². The number of nitrogens with zero attached hydrogens (tertiary/aromatic N) is 1. The maximum absolute atomic E-state index is 12.2. The lowest BCUT2D eigenvalue weighted by Gasteiger charge is -2.10. The minimum absolute atomic E-state index is 0.0906. The van der Waals surface area contributed by atoms with E-state index < -0.39 is 5.97 Å². The van der Waals surface area contributed by atoms with Crippen molar-refractivity contribution in [3.05, 3.63) is 51.6 Å². The average Bonchev–Trinajstić information content (AvgIpc) is 2.37. The number of aromatic amines is 1. The first-order chi connectivity index (χ1) is 9.50. The number of benzene rings is 1. The standard InChI is InChI=1S/C15H12N2O3/c1-7-11-13(12(15(19)20)8(2)16-7)9-5-3-4-6-10(9)17-14(11)18/h3-6H,1-2H3,(H,17,18)(H,19,20). The third-order valence-corrected chi connectivity index (χ3v) is 3.44. The lowest BCUT2D eigenvalue weighted by Crippen LogP contribution is -2.13. The molecule has 0 atom stereocenters. The Balaban J connectivity index is 2.76. The maximum atomic E-state index is 12.2. The van der Waals surface area contributed by atoms with Crippen LogP contribution in [-0.4, -0.2) is 21.0 Å². The van der Waals surface area contributed by atoms with Crippen molar-refractivity contribution >= 4 is 27.6 Å². The van der Waals surface area contributed by atoms with Crippen molar-refractivity contribution in [3.8, 4) is 0 Å². The number of aryl methyl sites for hydroxylation is 2. The topological polar surface area (TPSA) is 83.0 Å². The van der Waals surface area contributed by atoms with Crippen molar-refractivity contribution in [2.24, 2.45) is 0 Å². The molecule has 2 N–H and O–H groups in total. The number of rotatable bonds is 1. The summed E-state index contributed by atoms with van der Waals surface area (Å²) in [4.78, 5) is 30.7. The van der Waals surface area contributed by atoms with Crippen LogP contribution in [0.2, 0.25) is 0 Å². The predicted octanol–water partition coefficient (Wildman–Crippen LogP) is 2.39. The normalized spacial score (nSPS) is 11.1. The number of H-pyrrole nitrogens is 1. The average molecular weight is 268 g/mol. The third kappa shape index (κ3) is 1.60. The van der Waals surface area contributed by atoms with Crippen LogP contribution in [-0.2, 0) is 0 Å². The highest BCUT2D eigenvalue weighted by Crippen LogP contribution is 2.27. The van der Waals surface area contributed by atoms with E-state index in [1.165, 1.54) is 0 Å². The zero-order valence-corrected chi connectivity index (χ0v) is 11.0. The number of hydrogen-bond acceptors (Lipinski definition) is 3. The van der Waals surface area contributed by atoms with Crippen LogP contribution in [0.15, 0.2) is 29.1 Å². The number of fused-ring (bicyclic) bond motifs is 3. The molecule has 0 fully saturated rings. The highest BCUT2D eigenvalue weighted by atomic mass is 16.4. The summed E-state index contributed by atoms with van der Waals surface area (Å²) >= 11 is 0. The van der Waals surface area contributed by atoms with Crippen molar-refractivity contribution < 1.29 is 9.90 Å². The van der Waals surface area contributed by atoms with Crippen molar-refractivity contribution in [1.29, 1.82) is 0 Å². The molecule has 5 nitrogen and oxygen atoms in total. The molecule has 0 unspecified atom stereocenters. The number of nitrogens with one attached hydrogen (secondary N) is 1. The first-order valence-electron chi connectivity index (χ1n) is 6.16. The van der Waals surface area contributed by atoms with Gasteiger partial charge in [0.15, 0.2) is 0 Å². The highest BCUT2D eigenvalue weighted by Gasteiger charge is 2.19. The molecule has 0 amide bonds. The number of pyridine rings is 2. The van der Waals surface area contributed by atoms with E-state index in [1.807, 2.05) is 6.07 Å². The summed E-state index contributed by atoms with van der Waals surface area (Å²) in [5.74, 6) is -1.07. The Bertz CT molecular complexity index is 926. The Morgan fingerprint density at radius 2 is 1.85 bits per heavy atom. The van der Waals surface area contributed by atoms with Gasteiger partial charge in [0.1, 0.15) is 0 Å². The zero-order valence-electron chi connectivity index (χ0n) is 11.0. The summed E-state index contributed by atoms with van der Waals surface area (Å²) in [5.41, 5.74) is 1.35. The van der Waals surface area contributed by atoms with E-state index in [0.29, 0.717) is 33.1 Å². The molecular formula is C15H12N2O3. The van der Waals surface area contributed by atoms with Crippen LogP contribution in [0.25, 0.3) is 21.7 Å². The van der Waals surface area contributed by atoms with Crippen molar-refractivity contribution in [3.63, 3.8) is 0 Å². The zero-order chi connectivity index (χ0) is 14.4. The van der Waals surface area contributed by atoms with Gasteiger partial charge in [-0.25, -0.2) is 4.79 Å². The molecule has 0 aliphatic rings. The molecule has 2 aromatic heterocycles. The van der Waals surface area contributed by atoms with E-state index >= 15 is 0 Å². The Labute approximate surface area is 113 Å². The molecule has 100 valence electrons. The van der Waals surface area contributed by atoms with Gasteiger partial charge in [-0.2, -0.15) is 0 Å². The molecule has 0 saturated heterocycles. The fourth-order valence-corrected chi connectivity index (χ4v) is 2.65. The molecule has 0 bridgehead atoms. The molecule has 3 rings (SSSR count). The van der Waals surface area contributed by atoms with Crippen LogP contribution in [0.4, 0.5) is 0 Å². The van der Waals surface area contributed by atoms with Crippen LogP contribution in [0.5, 0.6) is 0 Å². The summed E-state index contributed by atoms with van der Waals surface area (Å²) in [6.07, 6.45) is 0. The third-order valence-electron chi connectivity index (χ3n) is 3.44. The number of aromatic carboxylic acids is 1. The van der Waals surface area contributed by atoms with E-state index in [0.717, 1.165) is 0 Å². The maximum Gasteiger partial charge on any atom is 0.338 e. The van der Waals surface area contributed by atoms with Crippen LogP contribution in [0.1, 0.15) is 21.7 Å². The van der Waals surface area contributed by atoms with Gasteiger partial charge in [-0.15, -0.1) is 0 Å². The summed E-state index contributed by atoms with van der Waals surface area (Å²) in [7, 11) is 0. The second kappa shape index (κ2) is 4.16. The lowest BCUT2D eigenvalue weighted by molar-refractivity contribution is 0.0698. The van der Waals surface area contributed by atoms with Gasteiger partial charge in [0.25, 0.3) is 5.56 Å². The number of carbonyl (C=O) groups is 1. The van der Waals surface area contributed by atoms with Gasteiger partial charge in [-0.05, 0) is 19.9 Å². The van der Waals surface area contributed by atoms with Crippen LogP contribution in [0, 0.1) is 13.8 Å². The molecule has 20 heavy (non-hydrogen) atoms. The van der Waals surface area contributed by atoms with E-state index in [1.54, 1.807) is 32.0 Å². The molecule has 0 saturated carbocycles. The largest absolute Gasteiger partial charge is 0.478 e. The molecule has 0 radical (unpaired) electrons. The smallest absolute Gasteiger partial charge is 0.338 e. The van der Waals surface area contributed by atoms with E-state index in [9.17, 15) is 14.7 Å². The van der Waals surface area contributed by atoms with Crippen molar-refractivity contribution in [2.45, 2.75) is 13.8 Å². The molecular weight excluding hydrogens is 256 g/mol. The van der Waals surface area contributed by atoms with Gasteiger partial charge in [-0.3, -0.25) is 9.78 Å². The monoisotopic (exact) mass is 268 g/mol. The molecule has 0 aliphatic carbocycles. The predicted molar refractivity (Wildman–Crippen MR) is 76.3 cm³/mol. The van der Waals surface area contributed by atoms with Crippen LogP contribution >= 0.6 is 0 Å². The molecule has 1 aromatic carbocycles. The second-order valence-electron chi connectivity index (χ2n) is 4.71. The van der Waals surface area contributed by atoms with Crippen LogP contribution < -0.4 is 5.56 Å². The first kappa shape index (κ1) is 12.3. The Hall–Kier alpha value is -2.69. The van der Waals surface area contributed by atoms with Gasteiger partial charge < -0.3 is 10.1 Å².